The summed E-state index contributed by atoms with van der Waals surface area (Å²) in [5.41, 5.74) is 0.687. The lowest BCUT2D eigenvalue weighted by Crippen LogP contribution is -2.01. The van der Waals surface area contributed by atoms with Crippen LogP contribution in [-0.4, -0.2) is 27.6 Å². The van der Waals surface area contributed by atoms with E-state index in [1.807, 2.05) is 0 Å². The number of methoxy groups -OCH3 is 1. The van der Waals surface area contributed by atoms with Gasteiger partial charge < -0.3 is 9.84 Å². The molecule has 2 heterocycles. The number of hydrogen-bond acceptors (Lipinski definition) is 3. The molecule has 18 heavy (non-hydrogen) atoms. The van der Waals surface area contributed by atoms with Gasteiger partial charge in [0.25, 0.3) is 0 Å². The highest BCUT2D eigenvalue weighted by Crippen LogP contribution is 2.20. The molecule has 0 atom stereocenters. The van der Waals surface area contributed by atoms with Crippen LogP contribution in [0.25, 0.3) is 5.52 Å². The molecule has 0 saturated carbocycles. The van der Waals surface area contributed by atoms with Crippen molar-refractivity contribution in [3.63, 3.8) is 0 Å². The lowest BCUT2D eigenvalue weighted by Gasteiger charge is -2.05. The highest BCUT2D eigenvalue weighted by Gasteiger charge is 2.17. The van der Waals surface area contributed by atoms with Crippen LogP contribution in [0.3, 0.4) is 0 Å². The van der Waals surface area contributed by atoms with Crippen molar-refractivity contribution in [2.75, 3.05) is 7.11 Å². The number of carbonyl (C=O) groups is 1. The number of nitrogens with zero attached hydrogens (tertiary/aromatic N) is 2. The van der Waals surface area contributed by atoms with E-state index in [2.05, 4.69) is 18.8 Å². The highest BCUT2D eigenvalue weighted by molar-refractivity contribution is 5.93. The van der Waals surface area contributed by atoms with Crippen molar-refractivity contribution < 1.29 is 14.6 Å². The topological polar surface area (TPSA) is 63.8 Å². The van der Waals surface area contributed by atoms with E-state index in [1.54, 1.807) is 29.8 Å². The summed E-state index contributed by atoms with van der Waals surface area (Å²) in [7, 11) is 1.58. The van der Waals surface area contributed by atoms with Crippen LogP contribution in [0.5, 0.6) is 5.75 Å². The summed E-state index contributed by atoms with van der Waals surface area (Å²) in [4.78, 5) is 15.4. The molecule has 0 radical (unpaired) electrons. The van der Waals surface area contributed by atoms with E-state index in [-0.39, 0.29) is 5.69 Å². The minimum atomic E-state index is -1.01. The van der Waals surface area contributed by atoms with Gasteiger partial charge in [-0.15, -0.1) is 0 Å². The molecule has 2 aromatic rings. The Morgan fingerprint density at radius 1 is 1.50 bits per heavy atom. The van der Waals surface area contributed by atoms with Crippen LogP contribution in [0, 0.1) is 5.92 Å². The molecule has 0 amide bonds. The molecule has 0 aliphatic heterocycles. The number of fused-ring (bicyclic) bond motifs is 1. The van der Waals surface area contributed by atoms with Gasteiger partial charge in [-0.25, -0.2) is 9.78 Å². The molecule has 0 aromatic carbocycles. The first kappa shape index (κ1) is 12.4. The molecule has 0 bridgehead atoms. The number of carboxylic acid groups (broad SMARTS) is 1. The minimum absolute atomic E-state index is 0.0910. The molecule has 5 nitrogen and oxygen atoms in total. The fourth-order valence-electron chi connectivity index (χ4n) is 1.92. The molecule has 0 aliphatic rings. The first-order valence-corrected chi connectivity index (χ1v) is 5.81. The Morgan fingerprint density at radius 3 is 2.78 bits per heavy atom. The number of carboxylic acids is 1. The highest BCUT2D eigenvalue weighted by atomic mass is 16.5. The maximum absolute atomic E-state index is 11.2. The van der Waals surface area contributed by atoms with Gasteiger partial charge in [-0.05, 0) is 18.1 Å². The minimum Gasteiger partial charge on any atom is -0.495 e. The van der Waals surface area contributed by atoms with Crippen molar-refractivity contribution in [2.45, 2.75) is 20.3 Å². The lowest BCUT2D eigenvalue weighted by atomic mass is 10.1. The second-order valence-corrected chi connectivity index (χ2v) is 4.60. The number of aromatic nitrogens is 2. The number of aromatic carboxylic acids is 1. The van der Waals surface area contributed by atoms with Gasteiger partial charge >= 0.3 is 5.97 Å². The van der Waals surface area contributed by atoms with Crippen molar-refractivity contribution in [1.82, 2.24) is 9.38 Å². The van der Waals surface area contributed by atoms with Crippen LogP contribution in [-0.2, 0) is 6.42 Å². The SMILES string of the molecule is COc1ccc2c(C(=O)O)nc(CC(C)C)n2c1. The van der Waals surface area contributed by atoms with Crippen LogP contribution in [0.15, 0.2) is 18.3 Å². The Kier molecular flexibility index (Phi) is 3.23. The molecule has 5 heteroatoms. The molecule has 0 fully saturated rings. The Labute approximate surface area is 105 Å². The largest absolute Gasteiger partial charge is 0.495 e. The molecule has 96 valence electrons. The third kappa shape index (κ3) is 2.16. The molecule has 2 rings (SSSR count). The number of rotatable bonds is 4. The van der Waals surface area contributed by atoms with E-state index in [4.69, 9.17) is 9.84 Å². The summed E-state index contributed by atoms with van der Waals surface area (Å²) < 4.78 is 6.95. The number of ether oxygens (including phenoxy) is 1. The normalized spacial score (nSPS) is 11.1. The molecular weight excluding hydrogens is 232 g/mol. The third-order valence-corrected chi connectivity index (χ3v) is 2.71. The first-order chi connectivity index (χ1) is 8.52. The fourth-order valence-corrected chi connectivity index (χ4v) is 1.92. The monoisotopic (exact) mass is 248 g/mol. The predicted octanol–water partition coefficient (Wildman–Crippen LogP) is 2.24. The van der Waals surface area contributed by atoms with Crippen LogP contribution in [0.4, 0.5) is 0 Å². The van der Waals surface area contributed by atoms with E-state index in [0.29, 0.717) is 17.2 Å². The molecular formula is C13H16N2O3. The lowest BCUT2D eigenvalue weighted by molar-refractivity contribution is 0.0693. The van der Waals surface area contributed by atoms with E-state index in [1.165, 1.54) is 0 Å². The van der Waals surface area contributed by atoms with E-state index >= 15 is 0 Å². The van der Waals surface area contributed by atoms with Gasteiger partial charge in [0.1, 0.15) is 11.6 Å². The quantitative estimate of drug-likeness (QED) is 0.901. The first-order valence-electron chi connectivity index (χ1n) is 5.81. The van der Waals surface area contributed by atoms with Gasteiger partial charge in [0.05, 0.1) is 18.8 Å². The summed E-state index contributed by atoms with van der Waals surface area (Å²) in [5, 5.41) is 9.15. The predicted molar refractivity (Wildman–Crippen MR) is 67.2 cm³/mol. The van der Waals surface area contributed by atoms with Crippen LogP contribution in [0.2, 0.25) is 0 Å². The fraction of sp³-hybridized carbons (Fsp3) is 0.385. The number of hydrogen-bond donors (Lipinski definition) is 1. The average Bonchev–Trinajstić information content (AvgIpc) is 2.67. The van der Waals surface area contributed by atoms with Gasteiger partial charge in [0, 0.05) is 6.42 Å². The summed E-state index contributed by atoms with van der Waals surface area (Å²) >= 11 is 0. The number of imidazole rings is 1. The van der Waals surface area contributed by atoms with E-state index in [9.17, 15) is 4.79 Å². The van der Waals surface area contributed by atoms with Gasteiger partial charge in [-0.1, -0.05) is 13.8 Å². The standard InChI is InChI=1S/C13H16N2O3/c1-8(2)6-11-14-12(13(16)17)10-5-4-9(18-3)7-15(10)11/h4-5,7-8H,6H2,1-3H3,(H,16,17). The molecule has 0 unspecified atom stereocenters. The van der Waals surface area contributed by atoms with Gasteiger partial charge in [-0.2, -0.15) is 0 Å². The van der Waals surface area contributed by atoms with Crippen molar-refractivity contribution in [2.24, 2.45) is 5.92 Å². The summed E-state index contributed by atoms with van der Waals surface area (Å²) in [5.74, 6) is 0.828. The smallest absolute Gasteiger partial charge is 0.356 e. The zero-order valence-electron chi connectivity index (χ0n) is 10.7. The second kappa shape index (κ2) is 4.68. The Hall–Kier alpha value is -2.04. The van der Waals surface area contributed by atoms with Crippen molar-refractivity contribution in [3.05, 3.63) is 29.8 Å². The second-order valence-electron chi connectivity index (χ2n) is 4.60. The van der Waals surface area contributed by atoms with Gasteiger partial charge in [0.15, 0.2) is 5.69 Å². The third-order valence-electron chi connectivity index (χ3n) is 2.71. The molecule has 1 N–H and O–H groups in total. The summed E-state index contributed by atoms with van der Waals surface area (Å²) in [6, 6.07) is 3.46. The van der Waals surface area contributed by atoms with Gasteiger partial charge in [-0.3, -0.25) is 4.40 Å². The molecule has 0 saturated heterocycles. The van der Waals surface area contributed by atoms with Crippen LogP contribution >= 0.6 is 0 Å². The summed E-state index contributed by atoms with van der Waals surface area (Å²) in [6.07, 6.45) is 2.49. The number of pyridine rings is 1. The van der Waals surface area contributed by atoms with E-state index in [0.717, 1.165) is 12.2 Å². The maximum atomic E-state index is 11.2. The molecule has 0 aliphatic carbocycles. The zero-order chi connectivity index (χ0) is 13.3. The van der Waals surface area contributed by atoms with E-state index < -0.39 is 5.97 Å². The summed E-state index contributed by atoms with van der Waals surface area (Å²) in [6.45, 7) is 4.14. The van der Waals surface area contributed by atoms with Crippen LogP contribution in [0.1, 0.15) is 30.2 Å². The molecule has 2 aromatic heterocycles. The zero-order valence-corrected chi connectivity index (χ0v) is 10.7. The molecule has 0 spiro atoms. The average molecular weight is 248 g/mol. The Bertz CT molecular complexity index is 587. The maximum Gasteiger partial charge on any atom is 0.356 e. The Morgan fingerprint density at radius 2 is 2.22 bits per heavy atom. The van der Waals surface area contributed by atoms with Crippen molar-refractivity contribution in [3.8, 4) is 5.75 Å². The van der Waals surface area contributed by atoms with Crippen LogP contribution < -0.4 is 4.74 Å². The van der Waals surface area contributed by atoms with Crippen molar-refractivity contribution >= 4 is 11.5 Å². The Balaban J connectivity index is 2.64. The van der Waals surface area contributed by atoms with Gasteiger partial charge in [0.2, 0.25) is 0 Å². The van der Waals surface area contributed by atoms with Crippen molar-refractivity contribution in [1.29, 1.82) is 0 Å².